The van der Waals surface area contributed by atoms with E-state index in [1.807, 2.05) is 20.8 Å². The quantitative estimate of drug-likeness (QED) is 0.697. The highest BCUT2D eigenvalue weighted by atomic mass is 16.6. The van der Waals surface area contributed by atoms with E-state index in [1.54, 1.807) is 23.9 Å². The average Bonchev–Trinajstić information content (AvgIpc) is 2.62. The van der Waals surface area contributed by atoms with E-state index in [9.17, 15) is 9.59 Å². The SMILES string of the molecule is CN(C)C(=O)[C@@H]1CCN(C(=O)OC(C)(C)C)C1. The van der Waals surface area contributed by atoms with Gasteiger partial charge in [-0.05, 0) is 27.2 Å². The Morgan fingerprint density at radius 2 is 1.88 bits per heavy atom. The number of hydrogen-bond acceptors (Lipinski definition) is 3. The highest BCUT2D eigenvalue weighted by Crippen LogP contribution is 2.20. The van der Waals surface area contributed by atoms with E-state index in [0.29, 0.717) is 13.1 Å². The minimum Gasteiger partial charge on any atom is -0.444 e. The zero-order valence-corrected chi connectivity index (χ0v) is 11.3. The summed E-state index contributed by atoms with van der Waals surface area (Å²) in [6.45, 7) is 6.57. The van der Waals surface area contributed by atoms with Gasteiger partial charge in [-0.3, -0.25) is 4.79 Å². The molecule has 0 aromatic rings. The maximum absolute atomic E-state index is 11.8. The van der Waals surface area contributed by atoms with Crippen LogP contribution in [0, 0.1) is 5.92 Å². The summed E-state index contributed by atoms with van der Waals surface area (Å²) in [7, 11) is 3.47. The lowest BCUT2D eigenvalue weighted by Gasteiger charge is -2.24. The summed E-state index contributed by atoms with van der Waals surface area (Å²) in [6.07, 6.45) is 0.391. The molecule has 98 valence electrons. The summed E-state index contributed by atoms with van der Waals surface area (Å²) >= 11 is 0. The number of nitrogens with zero attached hydrogens (tertiary/aromatic N) is 2. The van der Waals surface area contributed by atoms with Crippen LogP contribution in [0.2, 0.25) is 0 Å². The van der Waals surface area contributed by atoms with Gasteiger partial charge in [0.1, 0.15) is 5.60 Å². The molecule has 1 aliphatic rings. The standard InChI is InChI=1S/C12H22N2O3/c1-12(2,3)17-11(16)14-7-6-9(8-14)10(15)13(4)5/h9H,6-8H2,1-5H3/t9-/m1/s1. The van der Waals surface area contributed by atoms with Crippen LogP contribution in [0.1, 0.15) is 27.2 Å². The molecular formula is C12H22N2O3. The average molecular weight is 242 g/mol. The van der Waals surface area contributed by atoms with Gasteiger partial charge < -0.3 is 14.5 Å². The molecule has 0 aliphatic carbocycles. The Labute approximate surface area is 103 Å². The van der Waals surface area contributed by atoms with Crippen LogP contribution in [0.4, 0.5) is 4.79 Å². The molecule has 0 unspecified atom stereocenters. The zero-order valence-electron chi connectivity index (χ0n) is 11.3. The van der Waals surface area contributed by atoms with Crippen LogP contribution in [0.15, 0.2) is 0 Å². The normalized spacial score (nSPS) is 20.3. The molecule has 0 saturated carbocycles. The first kappa shape index (κ1) is 13.8. The van der Waals surface area contributed by atoms with Crippen LogP contribution < -0.4 is 0 Å². The molecule has 5 nitrogen and oxygen atoms in total. The fourth-order valence-electron chi connectivity index (χ4n) is 1.82. The molecule has 5 heteroatoms. The summed E-state index contributed by atoms with van der Waals surface area (Å²) in [5.41, 5.74) is -0.485. The molecule has 17 heavy (non-hydrogen) atoms. The highest BCUT2D eigenvalue weighted by Gasteiger charge is 2.33. The Morgan fingerprint density at radius 3 is 2.35 bits per heavy atom. The van der Waals surface area contributed by atoms with Crippen molar-refractivity contribution in [3.05, 3.63) is 0 Å². The van der Waals surface area contributed by atoms with Gasteiger partial charge in [-0.25, -0.2) is 4.79 Å². The fraction of sp³-hybridized carbons (Fsp3) is 0.833. The molecular weight excluding hydrogens is 220 g/mol. The first-order chi connectivity index (χ1) is 7.70. The van der Waals surface area contributed by atoms with E-state index in [-0.39, 0.29) is 17.9 Å². The molecule has 0 aromatic carbocycles. The summed E-state index contributed by atoms with van der Waals surface area (Å²) in [6, 6.07) is 0. The number of amides is 2. The third-order valence-corrected chi connectivity index (χ3v) is 2.63. The van der Waals surface area contributed by atoms with Gasteiger partial charge in [0.25, 0.3) is 0 Å². The van der Waals surface area contributed by atoms with Crippen LogP contribution in [0.5, 0.6) is 0 Å². The Bertz CT molecular complexity index is 307. The van der Waals surface area contributed by atoms with Gasteiger partial charge in [0.15, 0.2) is 0 Å². The largest absolute Gasteiger partial charge is 0.444 e. The topological polar surface area (TPSA) is 49.9 Å². The predicted molar refractivity (Wildman–Crippen MR) is 64.6 cm³/mol. The Balaban J connectivity index is 2.51. The molecule has 1 atom stereocenters. The summed E-state index contributed by atoms with van der Waals surface area (Å²) in [5.74, 6) is -0.00595. The molecule has 1 fully saturated rings. The molecule has 0 bridgehead atoms. The van der Waals surface area contributed by atoms with Crippen molar-refractivity contribution < 1.29 is 14.3 Å². The minimum absolute atomic E-state index is 0.0797. The lowest BCUT2D eigenvalue weighted by Crippen LogP contribution is -2.37. The van der Waals surface area contributed by atoms with E-state index in [0.717, 1.165) is 6.42 Å². The monoisotopic (exact) mass is 242 g/mol. The summed E-state index contributed by atoms with van der Waals surface area (Å²) in [4.78, 5) is 26.7. The van der Waals surface area contributed by atoms with Gasteiger partial charge in [0, 0.05) is 27.2 Å². The lowest BCUT2D eigenvalue weighted by atomic mass is 10.1. The molecule has 2 amide bonds. The first-order valence-electron chi connectivity index (χ1n) is 5.90. The van der Waals surface area contributed by atoms with Crippen molar-refractivity contribution in [1.82, 2.24) is 9.80 Å². The third-order valence-electron chi connectivity index (χ3n) is 2.63. The maximum atomic E-state index is 11.8. The molecule has 1 rings (SSSR count). The van der Waals surface area contributed by atoms with Crippen LogP contribution in [0.25, 0.3) is 0 Å². The van der Waals surface area contributed by atoms with Gasteiger partial charge in [-0.15, -0.1) is 0 Å². The second kappa shape index (κ2) is 4.94. The third kappa shape index (κ3) is 3.91. The minimum atomic E-state index is -0.485. The number of hydrogen-bond donors (Lipinski definition) is 0. The van der Waals surface area contributed by atoms with Crippen LogP contribution in [-0.4, -0.2) is 54.6 Å². The number of rotatable bonds is 1. The molecule has 0 radical (unpaired) electrons. The summed E-state index contributed by atoms with van der Waals surface area (Å²) in [5, 5.41) is 0. The number of carbonyl (C=O) groups excluding carboxylic acids is 2. The second-order valence-corrected chi connectivity index (χ2v) is 5.64. The Hall–Kier alpha value is -1.26. The molecule has 0 spiro atoms. The Kier molecular flexibility index (Phi) is 4.01. The van der Waals surface area contributed by atoms with Gasteiger partial charge in [0.2, 0.25) is 5.91 Å². The predicted octanol–water partition coefficient (Wildman–Crippen LogP) is 1.33. The Morgan fingerprint density at radius 1 is 1.29 bits per heavy atom. The molecule has 0 aromatic heterocycles. The van der Waals surface area contributed by atoms with Crippen molar-refractivity contribution in [3.63, 3.8) is 0 Å². The lowest BCUT2D eigenvalue weighted by molar-refractivity contribution is -0.132. The van der Waals surface area contributed by atoms with Gasteiger partial charge >= 0.3 is 6.09 Å². The van der Waals surface area contributed by atoms with Crippen LogP contribution >= 0.6 is 0 Å². The van der Waals surface area contributed by atoms with E-state index in [2.05, 4.69) is 0 Å². The zero-order chi connectivity index (χ0) is 13.2. The maximum Gasteiger partial charge on any atom is 0.410 e. The van der Waals surface area contributed by atoms with Gasteiger partial charge in [-0.1, -0.05) is 0 Å². The van der Waals surface area contributed by atoms with Crippen molar-refractivity contribution >= 4 is 12.0 Å². The molecule has 1 aliphatic heterocycles. The van der Waals surface area contributed by atoms with Crippen molar-refractivity contribution in [2.24, 2.45) is 5.92 Å². The number of carbonyl (C=O) groups is 2. The van der Waals surface area contributed by atoms with E-state index in [1.165, 1.54) is 0 Å². The van der Waals surface area contributed by atoms with E-state index in [4.69, 9.17) is 4.74 Å². The molecule has 0 N–H and O–H groups in total. The van der Waals surface area contributed by atoms with Crippen LogP contribution in [-0.2, 0) is 9.53 Å². The van der Waals surface area contributed by atoms with E-state index < -0.39 is 5.60 Å². The van der Waals surface area contributed by atoms with Crippen molar-refractivity contribution in [2.75, 3.05) is 27.2 Å². The van der Waals surface area contributed by atoms with Crippen molar-refractivity contribution in [1.29, 1.82) is 0 Å². The van der Waals surface area contributed by atoms with Crippen LogP contribution in [0.3, 0.4) is 0 Å². The first-order valence-corrected chi connectivity index (χ1v) is 5.90. The van der Waals surface area contributed by atoms with E-state index >= 15 is 0 Å². The fourth-order valence-corrected chi connectivity index (χ4v) is 1.82. The molecule has 1 heterocycles. The summed E-state index contributed by atoms with van der Waals surface area (Å²) < 4.78 is 5.27. The number of ether oxygens (including phenoxy) is 1. The second-order valence-electron chi connectivity index (χ2n) is 5.64. The molecule has 1 saturated heterocycles. The van der Waals surface area contributed by atoms with Gasteiger partial charge in [-0.2, -0.15) is 0 Å². The van der Waals surface area contributed by atoms with Crippen molar-refractivity contribution in [2.45, 2.75) is 32.8 Å². The number of likely N-dealkylation sites (tertiary alicyclic amines) is 1. The smallest absolute Gasteiger partial charge is 0.410 e. The highest BCUT2D eigenvalue weighted by molar-refractivity contribution is 5.80. The van der Waals surface area contributed by atoms with Crippen molar-refractivity contribution in [3.8, 4) is 0 Å². The van der Waals surface area contributed by atoms with Gasteiger partial charge in [0.05, 0.1) is 5.92 Å².